The molecule has 0 N–H and O–H groups in total. The third kappa shape index (κ3) is 3.76. The van der Waals surface area contributed by atoms with Gasteiger partial charge in [0, 0.05) is 37.8 Å². The zero-order valence-corrected chi connectivity index (χ0v) is 15.1. The second-order valence-corrected chi connectivity index (χ2v) is 7.65. The molecular weight excluding hydrogens is 334 g/mol. The van der Waals surface area contributed by atoms with Gasteiger partial charge in [-0.05, 0) is 36.4 Å². The summed E-state index contributed by atoms with van der Waals surface area (Å²) in [6, 6.07) is 7.96. The summed E-state index contributed by atoms with van der Waals surface area (Å²) in [4.78, 5) is 21.5. The van der Waals surface area contributed by atoms with Gasteiger partial charge in [0.1, 0.15) is 0 Å². The highest BCUT2D eigenvalue weighted by Crippen LogP contribution is 2.31. The number of morpholine rings is 1. The lowest BCUT2D eigenvalue weighted by molar-refractivity contribution is -0.128. The number of likely N-dealkylation sites (tertiary alicyclic amines) is 1. The molecule has 0 aliphatic carbocycles. The third-order valence-electron chi connectivity index (χ3n) is 5.18. The van der Waals surface area contributed by atoms with E-state index in [1.54, 1.807) is 11.3 Å². The van der Waals surface area contributed by atoms with Crippen LogP contribution in [0.4, 0.5) is 0 Å². The van der Waals surface area contributed by atoms with Crippen molar-refractivity contribution in [2.45, 2.75) is 25.0 Å². The number of piperidine rings is 1. The Kier molecular flexibility index (Phi) is 4.83. The van der Waals surface area contributed by atoms with Crippen LogP contribution in [0.15, 0.2) is 41.2 Å². The van der Waals surface area contributed by atoms with Gasteiger partial charge in [0.05, 0.1) is 30.0 Å². The number of amides is 1. The molecule has 0 radical (unpaired) electrons. The molecule has 6 heteroatoms. The molecule has 2 aliphatic heterocycles. The van der Waals surface area contributed by atoms with Gasteiger partial charge in [-0.3, -0.25) is 14.7 Å². The fourth-order valence-corrected chi connectivity index (χ4v) is 4.36. The number of thiophene rings is 1. The number of hydrogen-bond donors (Lipinski definition) is 0. The molecule has 4 heterocycles. The molecule has 1 spiro atoms. The Morgan fingerprint density at radius 2 is 2.12 bits per heavy atom. The van der Waals surface area contributed by atoms with Gasteiger partial charge in [0.2, 0.25) is 0 Å². The van der Waals surface area contributed by atoms with Crippen molar-refractivity contribution in [3.63, 3.8) is 0 Å². The first-order valence-corrected chi connectivity index (χ1v) is 9.76. The number of carbonyl (C=O) groups is 1. The predicted octanol–water partition coefficient (Wildman–Crippen LogP) is 2.65. The molecule has 2 aromatic heterocycles. The molecule has 2 aromatic rings. The Morgan fingerprint density at radius 3 is 2.84 bits per heavy atom. The maximum absolute atomic E-state index is 12.7. The highest BCUT2D eigenvalue weighted by atomic mass is 32.1. The average Bonchev–Trinajstić information content (AvgIpc) is 3.19. The molecule has 0 atom stereocenters. The van der Waals surface area contributed by atoms with Crippen molar-refractivity contribution >= 4 is 17.2 Å². The number of hydrogen-bond acceptors (Lipinski definition) is 5. The Balaban J connectivity index is 1.36. The minimum Gasteiger partial charge on any atom is -0.371 e. The predicted molar refractivity (Wildman–Crippen MR) is 97.7 cm³/mol. The van der Waals surface area contributed by atoms with Crippen molar-refractivity contribution in [2.75, 3.05) is 32.8 Å². The van der Waals surface area contributed by atoms with Crippen LogP contribution in [0, 0.1) is 0 Å². The van der Waals surface area contributed by atoms with E-state index in [-0.39, 0.29) is 11.5 Å². The Hall–Kier alpha value is -1.76. The van der Waals surface area contributed by atoms with E-state index in [4.69, 9.17) is 4.74 Å². The third-order valence-corrected chi connectivity index (χ3v) is 5.87. The SMILES string of the molecule is O=C(c1ccsc1)N1CCOC2(CCN(Cc3ccccn3)CC2)C1. The minimum atomic E-state index is -0.176. The van der Waals surface area contributed by atoms with Crippen LogP contribution in [0.5, 0.6) is 0 Å². The van der Waals surface area contributed by atoms with E-state index in [1.165, 1.54) is 0 Å². The first kappa shape index (κ1) is 16.7. The van der Waals surface area contributed by atoms with Crippen molar-refractivity contribution in [1.29, 1.82) is 0 Å². The quantitative estimate of drug-likeness (QED) is 0.847. The minimum absolute atomic E-state index is 0.139. The zero-order valence-electron chi connectivity index (χ0n) is 14.3. The molecule has 4 rings (SSSR count). The van der Waals surface area contributed by atoms with Crippen molar-refractivity contribution < 1.29 is 9.53 Å². The molecule has 132 valence electrons. The summed E-state index contributed by atoms with van der Waals surface area (Å²) in [7, 11) is 0. The number of carbonyl (C=O) groups excluding carboxylic acids is 1. The molecule has 0 unspecified atom stereocenters. The second kappa shape index (κ2) is 7.23. The largest absolute Gasteiger partial charge is 0.371 e. The molecule has 2 fully saturated rings. The van der Waals surface area contributed by atoms with Crippen LogP contribution in [-0.4, -0.2) is 59.1 Å². The van der Waals surface area contributed by atoms with Crippen molar-refractivity contribution in [3.8, 4) is 0 Å². The molecule has 2 saturated heterocycles. The standard InChI is InChI=1S/C19H23N3O2S/c23-18(16-4-12-25-14-16)22-10-11-24-19(15-22)5-8-21(9-6-19)13-17-3-1-2-7-20-17/h1-4,7,12,14H,5-6,8-11,13,15H2. The number of pyridine rings is 1. The molecular formula is C19H23N3O2S. The van der Waals surface area contributed by atoms with Gasteiger partial charge in [-0.1, -0.05) is 6.07 Å². The lowest BCUT2D eigenvalue weighted by atomic mass is 9.89. The van der Waals surface area contributed by atoms with Gasteiger partial charge in [-0.15, -0.1) is 0 Å². The first-order chi connectivity index (χ1) is 12.2. The highest BCUT2D eigenvalue weighted by Gasteiger charge is 2.41. The lowest BCUT2D eigenvalue weighted by Gasteiger charge is -2.47. The monoisotopic (exact) mass is 357 g/mol. The maximum atomic E-state index is 12.7. The summed E-state index contributed by atoms with van der Waals surface area (Å²) in [5, 5.41) is 3.89. The molecule has 1 amide bonds. The summed E-state index contributed by atoms with van der Waals surface area (Å²) < 4.78 is 6.17. The van der Waals surface area contributed by atoms with Crippen molar-refractivity contribution in [2.24, 2.45) is 0 Å². The van der Waals surface area contributed by atoms with Crippen LogP contribution in [0.3, 0.4) is 0 Å². The van der Waals surface area contributed by atoms with Crippen LogP contribution in [0.25, 0.3) is 0 Å². The van der Waals surface area contributed by atoms with E-state index in [0.29, 0.717) is 19.7 Å². The van der Waals surface area contributed by atoms with Crippen molar-refractivity contribution in [3.05, 3.63) is 52.5 Å². The smallest absolute Gasteiger partial charge is 0.254 e. The Bertz CT molecular complexity index is 697. The van der Waals surface area contributed by atoms with E-state index >= 15 is 0 Å². The van der Waals surface area contributed by atoms with Crippen LogP contribution in [0.2, 0.25) is 0 Å². The van der Waals surface area contributed by atoms with E-state index < -0.39 is 0 Å². The Morgan fingerprint density at radius 1 is 1.24 bits per heavy atom. The van der Waals surface area contributed by atoms with Gasteiger partial charge in [0.15, 0.2) is 0 Å². The maximum Gasteiger partial charge on any atom is 0.254 e. The number of nitrogens with zero attached hydrogens (tertiary/aromatic N) is 3. The summed E-state index contributed by atoms with van der Waals surface area (Å²) in [5.74, 6) is 0.139. The van der Waals surface area contributed by atoms with Gasteiger partial charge >= 0.3 is 0 Å². The molecule has 0 bridgehead atoms. The van der Waals surface area contributed by atoms with E-state index in [1.807, 2.05) is 40.1 Å². The van der Waals surface area contributed by atoms with Gasteiger partial charge in [-0.25, -0.2) is 0 Å². The fourth-order valence-electron chi connectivity index (χ4n) is 3.73. The first-order valence-electron chi connectivity index (χ1n) is 8.82. The van der Waals surface area contributed by atoms with Crippen LogP contribution < -0.4 is 0 Å². The number of rotatable bonds is 3. The molecule has 0 aromatic carbocycles. The number of aromatic nitrogens is 1. The molecule has 25 heavy (non-hydrogen) atoms. The van der Waals surface area contributed by atoms with E-state index in [9.17, 15) is 4.79 Å². The summed E-state index contributed by atoms with van der Waals surface area (Å²) in [5.41, 5.74) is 1.73. The Labute approximate surface area is 152 Å². The average molecular weight is 357 g/mol. The normalized spacial score (nSPS) is 20.7. The van der Waals surface area contributed by atoms with E-state index in [2.05, 4.69) is 16.0 Å². The molecule has 0 saturated carbocycles. The number of ether oxygens (including phenoxy) is 1. The van der Waals surface area contributed by atoms with Gasteiger partial charge in [-0.2, -0.15) is 11.3 Å². The topological polar surface area (TPSA) is 45.7 Å². The van der Waals surface area contributed by atoms with Gasteiger partial charge in [0.25, 0.3) is 5.91 Å². The molecule has 2 aliphatic rings. The highest BCUT2D eigenvalue weighted by molar-refractivity contribution is 7.08. The summed E-state index contributed by atoms with van der Waals surface area (Å²) in [6.45, 7) is 4.88. The van der Waals surface area contributed by atoms with E-state index in [0.717, 1.165) is 43.7 Å². The van der Waals surface area contributed by atoms with Crippen LogP contribution in [-0.2, 0) is 11.3 Å². The summed E-state index contributed by atoms with van der Waals surface area (Å²) in [6.07, 6.45) is 3.78. The zero-order chi connectivity index (χ0) is 17.1. The van der Waals surface area contributed by atoms with Gasteiger partial charge < -0.3 is 9.64 Å². The summed E-state index contributed by atoms with van der Waals surface area (Å²) >= 11 is 1.57. The molecule has 5 nitrogen and oxygen atoms in total. The van der Waals surface area contributed by atoms with Crippen LogP contribution >= 0.6 is 11.3 Å². The lowest BCUT2D eigenvalue weighted by Crippen LogP contribution is -2.57. The fraction of sp³-hybridized carbons (Fsp3) is 0.474. The van der Waals surface area contributed by atoms with Crippen LogP contribution in [0.1, 0.15) is 28.9 Å². The second-order valence-electron chi connectivity index (χ2n) is 6.87. The van der Waals surface area contributed by atoms with Crippen molar-refractivity contribution in [1.82, 2.24) is 14.8 Å².